The molecule has 2 rings (SSSR count). The Morgan fingerprint density at radius 3 is 2.94 bits per heavy atom. The van der Waals surface area contributed by atoms with Gasteiger partial charge in [0.25, 0.3) is 0 Å². The fourth-order valence-electron chi connectivity index (χ4n) is 1.14. The van der Waals surface area contributed by atoms with Crippen molar-refractivity contribution in [2.45, 2.75) is 0 Å². The molecule has 0 amide bonds. The highest BCUT2D eigenvalue weighted by molar-refractivity contribution is 9.10. The monoisotopic (exact) mass is 313 g/mol. The number of rotatable bonds is 2. The van der Waals surface area contributed by atoms with Crippen LogP contribution in [0.15, 0.2) is 28.1 Å². The Bertz CT molecular complexity index is 561. The highest BCUT2D eigenvalue weighted by Crippen LogP contribution is 2.27. The second-order valence-corrected chi connectivity index (χ2v) is 5.06. The van der Waals surface area contributed by atoms with E-state index in [0.717, 1.165) is 4.47 Å². The first-order valence-corrected chi connectivity index (χ1v) is 6.32. The highest BCUT2D eigenvalue weighted by Gasteiger charge is 2.05. The van der Waals surface area contributed by atoms with Gasteiger partial charge in [-0.3, -0.25) is 0 Å². The average Bonchev–Trinajstić information content (AvgIpc) is 2.64. The lowest BCUT2D eigenvalue weighted by Crippen LogP contribution is -1.92. The van der Waals surface area contributed by atoms with Gasteiger partial charge in [0, 0.05) is 9.85 Å². The molecule has 0 radical (unpaired) electrons. The van der Waals surface area contributed by atoms with Crippen molar-refractivity contribution in [3.8, 4) is 6.07 Å². The molecule has 0 saturated heterocycles. The molecule has 1 heterocycles. The number of benzene rings is 1. The van der Waals surface area contributed by atoms with Gasteiger partial charge in [-0.05, 0) is 18.2 Å². The minimum absolute atomic E-state index is 0.445. The Balaban J connectivity index is 2.34. The predicted molar refractivity (Wildman–Crippen MR) is 69.3 cm³/mol. The second kappa shape index (κ2) is 4.83. The van der Waals surface area contributed by atoms with Crippen LogP contribution in [-0.2, 0) is 0 Å². The summed E-state index contributed by atoms with van der Waals surface area (Å²) >= 11 is 10.5. The van der Waals surface area contributed by atoms with Crippen LogP contribution in [0, 0.1) is 11.3 Å². The molecule has 80 valence electrons. The maximum atomic E-state index is 8.94. The molecule has 0 aliphatic carbocycles. The zero-order valence-corrected chi connectivity index (χ0v) is 11.0. The van der Waals surface area contributed by atoms with Crippen molar-refractivity contribution >= 4 is 49.7 Å². The van der Waals surface area contributed by atoms with E-state index in [0.29, 0.717) is 21.5 Å². The number of nitrogens with zero attached hydrogens (tertiary/aromatic N) is 2. The fourth-order valence-corrected chi connectivity index (χ4v) is 2.36. The standard InChI is InChI=1S/C10H5BrClN3S/c11-7-2-1-6(4-13)8(3-7)14-10-15-9(12)5-16-10/h1-3,5H,(H,14,15). The molecular weight excluding hydrogens is 310 g/mol. The van der Waals surface area contributed by atoms with Crippen molar-refractivity contribution in [2.75, 3.05) is 5.32 Å². The fraction of sp³-hybridized carbons (Fsp3) is 0. The molecular formula is C10H5BrClN3S. The molecule has 0 unspecified atom stereocenters. The summed E-state index contributed by atoms with van der Waals surface area (Å²) in [6.45, 7) is 0. The van der Waals surface area contributed by atoms with Gasteiger partial charge in [-0.25, -0.2) is 4.98 Å². The number of nitrogens with one attached hydrogen (secondary N) is 1. The van der Waals surface area contributed by atoms with Gasteiger partial charge in [0.2, 0.25) is 0 Å². The lowest BCUT2D eigenvalue weighted by molar-refractivity contribution is 1.38. The molecule has 0 saturated carbocycles. The van der Waals surface area contributed by atoms with Gasteiger partial charge in [0.05, 0.1) is 11.3 Å². The van der Waals surface area contributed by atoms with Crippen molar-refractivity contribution in [3.63, 3.8) is 0 Å². The van der Waals surface area contributed by atoms with E-state index in [1.165, 1.54) is 11.3 Å². The number of aromatic nitrogens is 1. The summed E-state index contributed by atoms with van der Waals surface area (Å²) in [7, 11) is 0. The largest absolute Gasteiger partial charge is 0.330 e. The predicted octanol–water partition coefficient (Wildman–Crippen LogP) is 4.17. The first kappa shape index (κ1) is 11.4. The first-order chi connectivity index (χ1) is 7.69. The normalized spacial score (nSPS) is 9.81. The molecule has 1 aromatic heterocycles. The minimum Gasteiger partial charge on any atom is -0.330 e. The highest BCUT2D eigenvalue weighted by atomic mass is 79.9. The van der Waals surface area contributed by atoms with Gasteiger partial charge >= 0.3 is 0 Å². The van der Waals surface area contributed by atoms with E-state index in [1.54, 1.807) is 11.4 Å². The summed E-state index contributed by atoms with van der Waals surface area (Å²) < 4.78 is 0.900. The van der Waals surface area contributed by atoms with E-state index in [4.69, 9.17) is 16.9 Å². The summed E-state index contributed by atoms with van der Waals surface area (Å²) in [4.78, 5) is 4.06. The Labute approximate surface area is 110 Å². The van der Waals surface area contributed by atoms with Crippen LogP contribution in [0.4, 0.5) is 10.8 Å². The molecule has 0 spiro atoms. The summed E-state index contributed by atoms with van der Waals surface area (Å²) in [5, 5.41) is 14.8. The molecule has 16 heavy (non-hydrogen) atoms. The van der Waals surface area contributed by atoms with E-state index in [2.05, 4.69) is 32.3 Å². The molecule has 0 atom stereocenters. The number of hydrogen-bond donors (Lipinski definition) is 1. The maximum absolute atomic E-state index is 8.94. The average molecular weight is 315 g/mol. The van der Waals surface area contributed by atoms with E-state index < -0.39 is 0 Å². The number of halogens is 2. The number of anilines is 2. The molecule has 3 nitrogen and oxygen atoms in total. The van der Waals surface area contributed by atoms with Crippen LogP contribution in [0.1, 0.15) is 5.56 Å². The molecule has 1 N–H and O–H groups in total. The molecule has 6 heteroatoms. The second-order valence-electron chi connectivity index (χ2n) is 2.90. The van der Waals surface area contributed by atoms with Crippen LogP contribution in [0.3, 0.4) is 0 Å². The van der Waals surface area contributed by atoms with E-state index in [1.807, 2.05) is 12.1 Å². The summed E-state index contributed by atoms with van der Waals surface area (Å²) in [6, 6.07) is 7.49. The van der Waals surface area contributed by atoms with E-state index >= 15 is 0 Å². The number of nitriles is 1. The summed E-state index contributed by atoms with van der Waals surface area (Å²) in [6.07, 6.45) is 0. The Morgan fingerprint density at radius 2 is 2.31 bits per heavy atom. The summed E-state index contributed by atoms with van der Waals surface area (Å²) in [5.74, 6) is 0. The number of thiazole rings is 1. The van der Waals surface area contributed by atoms with Gasteiger partial charge in [-0.2, -0.15) is 5.26 Å². The Morgan fingerprint density at radius 1 is 1.50 bits per heavy atom. The van der Waals surface area contributed by atoms with Crippen LogP contribution in [0.25, 0.3) is 0 Å². The SMILES string of the molecule is N#Cc1ccc(Br)cc1Nc1nc(Cl)cs1. The van der Waals surface area contributed by atoms with Crippen molar-refractivity contribution < 1.29 is 0 Å². The van der Waals surface area contributed by atoms with E-state index in [-0.39, 0.29) is 0 Å². The maximum Gasteiger partial charge on any atom is 0.188 e. The molecule has 0 fully saturated rings. The molecule has 2 aromatic rings. The first-order valence-electron chi connectivity index (χ1n) is 4.27. The van der Waals surface area contributed by atoms with Crippen LogP contribution in [0.2, 0.25) is 5.15 Å². The lowest BCUT2D eigenvalue weighted by atomic mass is 10.2. The van der Waals surface area contributed by atoms with Gasteiger partial charge in [0.15, 0.2) is 5.13 Å². The molecule has 1 aromatic carbocycles. The zero-order chi connectivity index (χ0) is 11.5. The Kier molecular flexibility index (Phi) is 3.44. The van der Waals surface area contributed by atoms with E-state index in [9.17, 15) is 0 Å². The zero-order valence-electron chi connectivity index (χ0n) is 7.87. The Hall–Kier alpha value is -1.09. The third-order valence-corrected chi connectivity index (χ3v) is 3.39. The van der Waals surface area contributed by atoms with Crippen LogP contribution >= 0.6 is 38.9 Å². The van der Waals surface area contributed by atoms with Crippen molar-refractivity contribution in [2.24, 2.45) is 0 Å². The smallest absolute Gasteiger partial charge is 0.188 e. The third kappa shape index (κ3) is 2.53. The summed E-state index contributed by atoms with van der Waals surface area (Å²) in [5.41, 5.74) is 1.28. The van der Waals surface area contributed by atoms with Gasteiger partial charge < -0.3 is 5.32 Å². The topological polar surface area (TPSA) is 48.7 Å². The molecule has 0 bridgehead atoms. The van der Waals surface area contributed by atoms with Crippen molar-refractivity contribution in [1.82, 2.24) is 4.98 Å². The van der Waals surface area contributed by atoms with Gasteiger partial charge in [0.1, 0.15) is 11.2 Å². The molecule has 0 aliphatic rings. The third-order valence-electron chi connectivity index (χ3n) is 1.82. The van der Waals surface area contributed by atoms with Gasteiger partial charge in [-0.1, -0.05) is 27.5 Å². The lowest BCUT2D eigenvalue weighted by Gasteiger charge is -2.04. The minimum atomic E-state index is 0.445. The van der Waals surface area contributed by atoms with Crippen LogP contribution in [0.5, 0.6) is 0 Å². The van der Waals surface area contributed by atoms with Crippen LogP contribution < -0.4 is 5.32 Å². The van der Waals surface area contributed by atoms with Crippen molar-refractivity contribution in [3.05, 3.63) is 38.8 Å². The molecule has 0 aliphatic heterocycles. The number of hydrogen-bond acceptors (Lipinski definition) is 4. The quantitative estimate of drug-likeness (QED) is 0.905. The van der Waals surface area contributed by atoms with Crippen molar-refractivity contribution in [1.29, 1.82) is 5.26 Å². The van der Waals surface area contributed by atoms with Gasteiger partial charge in [-0.15, -0.1) is 11.3 Å². The van der Waals surface area contributed by atoms with Crippen LogP contribution in [-0.4, -0.2) is 4.98 Å².